The summed E-state index contributed by atoms with van der Waals surface area (Å²) < 4.78 is 37.1. The Morgan fingerprint density at radius 2 is 1.73 bits per heavy atom. The number of carbonyl (C=O) groups is 1. The van der Waals surface area contributed by atoms with Crippen LogP contribution in [0.2, 0.25) is 5.02 Å². The normalized spacial score (nSPS) is 15.6. The lowest BCUT2D eigenvalue weighted by Crippen LogP contribution is -2.40. The maximum absolute atomic E-state index is 12.5. The molecule has 0 atom stereocenters. The minimum atomic E-state index is -3.55. The number of halogens is 1. The van der Waals surface area contributed by atoms with E-state index in [0.717, 1.165) is 0 Å². The van der Waals surface area contributed by atoms with Crippen molar-refractivity contribution in [3.63, 3.8) is 0 Å². The third-order valence-electron chi connectivity index (χ3n) is 3.98. The molecule has 1 fully saturated rings. The second-order valence-corrected chi connectivity index (χ2v) is 8.02. The molecule has 0 spiro atoms. The summed E-state index contributed by atoms with van der Waals surface area (Å²) in [6, 6.07) is 12.8. The van der Waals surface area contributed by atoms with Gasteiger partial charge in [0, 0.05) is 18.7 Å². The topological polar surface area (TPSA) is 72.9 Å². The van der Waals surface area contributed by atoms with E-state index >= 15 is 0 Å². The number of hydrogen-bond acceptors (Lipinski definition) is 5. The zero-order valence-corrected chi connectivity index (χ0v) is 15.5. The summed E-state index contributed by atoms with van der Waals surface area (Å²) in [5.41, 5.74) is 0.390. The van der Waals surface area contributed by atoms with E-state index in [9.17, 15) is 13.2 Å². The van der Waals surface area contributed by atoms with Gasteiger partial charge in [0.1, 0.15) is 5.75 Å². The molecule has 6 nitrogen and oxygen atoms in total. The van der Waals surface area contributed by atoms with Gasteiger partial charge in [-0.3, -0.25) is 4.79 Å². The maximum Gasteiger partial charge on any atom is 0.243 e. The van der Waals surface area contributed by atoms with Gasteiger partial charge in [-0.15, -0.1) is 0 Å². The van der Waals surface area contributed by atoms with Crippen LogP contribution in [0.25, 0.3) is 0 Å². The summed E-state index contributed by atoms with van der Waals surface area (Å²) in [5.74, 6) is 0.159. The van der Waals surface area contributed by atoms with Crippen molar-refractivity contribution >= 4 is 27.4 Å². The van der Waals surface area contributed by atoms with E-state index in [2.05, 4.69) is 0 Å². The van der Waals surface area contributed by atoms with Crippen molar-refractivity contribution in [3.05, 3.63) is 59.1 Å². The first-order valence-electron chi connectivity index (χ1n) is 8.07. The van der Waals surface area contributed by atoms with E-state index in [1.807, 2.05) is 0 Å². The van der Waals surface area contributed by atoms with Crippen LogP contribution >= 0.6 is 11.6 Å². The number of ether oxygens (including phenoxy) is 2. The van der Waals surface area contributed by atoms with E-state index in [1.165, 1.54) is 28.6 Å². The van der Waals surface area contributed by atoms with E-state index in [4.69, 9.17) is 21.1 Å². The fourth-order valence-electron chi connectivity index (χ4n) is 2.56. The number of nitrogens with zero attached hydrogens (tertiary/aromatic N) is 1. The number of morpholine rings is 1. The molecule has 2 aromatic carbocycles. The molecule has 0 radical (unpaired) electrons. The van der Waals surface area contributed by atoms with Crippen molar-refractivity contribution in [2.24, 2.45) is 0 Å². The van der Waals surface area contributed by atoms with Gasteiger partial charge < -0.3 is 9.47 Å². The zero-order valence-electron chi connectivity index (χ0n) is 13.9. The van der Waals surface area contributed by atoms with Gasteiger partial charge in [0.15, 0.2) is 6.61 Å². The molecule has 0 aliphatic carbocycles. The highest BCUT2D eigenvalue weighted by Gasteiger charge is 2.26. The lowest BCUT2D eigenvalue weighted by atomic mass is 10.1. The Labute approximate surface area is 157 Å². The van der Waals surface area contributed by atoms with Crippen LogP contribution in [0.3, 0.4) is 0 Å². The highest BCUT2D eigenvalue weighted by atomic mass is 35.5. The van der Waals surface area contributed by atoms with Gasteiger partial charge in [0.25, 0.3) is 0 Å². The Morgan fingerprint density at radius 1 is 1.08 bits per heavy atom. The van der Waals surface area contributed by atoms with Crippen molar-refractivity contribution in [3.8, 4) is 5.75 Å². The molecule has 26 heavy (non-hydrogen) atoms. The molecule has 0 aromatic heterocycles. The average molecular weight is 396 g/mol. The summed E-state index contributed by atoms with van der Waals surface area (Å²) in [7, 11) is -3.55. The fraction of sp³-hybridized carbons (Fsp3) is 0.278. The quantitative estimate of drug-likeness (QED) is 0.703. The second-order valence-electron chi connectivity index (χ2n) is 5.68. The molecule has 0 amide bonds. The van der Waals surface area contributed by atoms with Crippen molar-refractivity contribution in [1.82, 2.24) is 4.31 Å². The van der Waals surface area contributed by atoms with Crippen LogP contribution in [-0.4, -0.2) is 51.4 Å². The Balaban J connectivity index is 1.64. The van der Waals surface area contributed by atoms with Crippen LogP contribution in [-0.2, 0) is 14.8 Å². The molecule has 0 N–H and O–H groups in total. The van der Waals surface area contributed by atoms with Crippen LogP contribution in [0.5, 0.6) is 5.75 Å². The summed E-state index contributed by atoms with van der Waals surface area (Å²) >= 11 is 5.99. The van der Waals surface area contributed by atoms with Crippen molar-refractivity contribution in [2.45, 2.75) is 4.90 Å². The van der Waals surface area contributed by atoms with Crippen LogP contribution in [0.15, 0.2) is 53.4 Å². The fourth-order valence-corrected chi connectivity index (χ4v) is 4.21. The standard InChI is InChI=1S/C18H18ClNO5S/c19-17-4-2-1-3-16(17)18(21)13-25-14-5-7-15(8-6-14)26(22,23)20-9-11-24-12-10-20/h1-8H,9-13H2. The number of sulfonamides is 1. The lowest BCUT2D eigenvalue weighted by molar-refractivity contribution is 0.0730. The molecule has 8 heteroatoms. The molecule has 3 rings (SSSR count). The Kier molecular flexibility index (Phi) is 5.93. The van der Waals surface area contributed by atoms with Crippen LogP contribution in [0, 0.1) is 0 Å². The molecule has 0 unspecified atom stereocenters. The first-order valence-corrected chi connectivity index (χ1v) is 9.89. The van der Waals surface area contributed by atoms with Crippen LogP contribution < -0.4 is 4.74 Å². The molecule has 0 bridgehead atoms. The first kappa shape index (κ1) is 18.8. The third kappa shape index (κ3) is 4.24. The SMILES string of the molecule is O=C(COc1ccc(S(=O)(=O)N2CCOCC2)cc1)c1ccccc1Cl. The number of benzene rings is 2. The molecule has 0 saturated carbocycles. The van der Waals surface area contributed by atoms with Crippen molar-refractivity contribution < 1.29 is 22.7 Å². The molecular formula is C18H18ClNO5S. The number of ketones is 1. The summed E-state index contributed by atoms with van der Waals surface area (Å²) in [6.07, 6.45) is 0. The smallest absolute Gasteiger partial charge is 0.243 e. The summed E-state index contributed by atoms with van der Waals surface area (Å²) in [5, 5.41) is 0.369. The highest BCUT2D eigenvalue weighted by molar-refractivity contribution is 7.89. The monoisotopic (exact) mass is 395 g/mol. The maximum atomic E-state index is 12.5. The predicted octanol–water partition coefficient (Wildman–Crippen LogP) is 2.62. The minimum Gasteiger partial charge on any atom is -0.485 e. The summed E-state index contributed by atoms with van der Waals surface area (Å²) in [4.78, 5) is 12.3. The van der Waals surface area contributed by atoms with Gasteiger partial charge in [0.05, 0.1) is 23.1 Å². The van der Waals surface area contributed by atoms with Crippen LogP contribution in [0.1, 0.15) is 10.4 Å². The lowest BCUT2D eigenvalue weighted by Gasteiger charge is -2.26. The minimum absolute atomic E-state index is 0.181. The number of rotatable bonds is 6. The number of carbonyl (C=O) groups excluding carboxylic acids is 1. The van der Waals surface area contributed by atoms with Gasteiger partial charge in [-0.25, -0.2) is 8.42 Å². The molecule has 1 aliphatic heterocycles. The van der Waals surface area contributed by atoms with Gasteiger partial charge in [-0.2, -0.15) is 4.31 Å². The van der Waals surface area contributed by atoms with Crippen molar-refractivity contribution in [1.29, 1.82) is 0 Å². The molecule has 138 valence electrons. The van der Waals surface area contributed by atoms with E-state index in [-0.39, 0.29) is 17.3 Å². The van der Waals surface area contributed by atoms with Crippen molar-refractivity contribution in [2.75, 3.05) is 32.9 Å². The average Bonchev–Trinajstić information content (AvgIpc) is 2.67. The highest BCUT2D eigenvalue weighted by Crippen LogP contribution is 2.21. The van der Waals surface area contributed by atoms with E-state index < -0.39 is 10.0 Å². The molecule has 2 aromatic rings. The largest absolute Gasteiger partial charge is 0.485 e. The Hall–Kier alpha value is -1.93. The van der Waals surface area contributed by atoms with Gasteiger partial charge in [-0.1, -0.05) is 23.7 Å². The Morgan fingerprint density at radius 3 is 2.38 bits per heavy atom. The predicted molar refractivity (Wildman–Crippen MR) is 97.3 cm³/mol. The van der Waals surface area contributed by atoms with E-state index in [0.29, 0.717) is 42.6 Å². The molecule has 1 aliphatic rings. The Bertz CT molecular complexity index is 877. The van der Waals surface area contributed by atoms with Gasteiger partial charge in [0.2, 0.25) is 15.8 Å². The zero-order chi connectivity index (χ0) is 18.6. The van der Waals surface area contributed by atoms with Crippen LogP contribution in [0.4, 0.5) is 0 Å². The third-order valence-corrected chi connectivity index (χ3v) is 6.22. The first-order chi connectivity index (χ1) is 12.5. The van der Waals surface area contributed by atoms with E-state index in [1.54, 1.807) is 24.3 Å². The van der Waals surface area contributed by atoms with Gasteiger partial charge >= 0.3 is 0 Å². The molecular weight excluding hydrogens is 378 g/mol. The summed E-state index contributed by atoms with van der Waals surface area (Å²) in [6.45, 7) is 1.29. The molecule has 1 saturated heterocycles. The van der Waals surface area contributed by atoms with Gasteiger partial charge in [-0.05, 0) is 36.4 Å². The number of Topliss-reactive ketones (excluding diaryl/α,β-unsaturated/α-hetero) is 1. The number of hydrogen-bond donors (Lipinski definition) is 0. The second kappa shape index (κ2) is 8.18. The molecule has 1 heterocycles.